The van der Waals surface area contributed by atoms with E-state index in [9.17, 15) is 13.6 Å². The standard InChI is InChI=1S/C14H10F2O3.C2H6/c1-18-12-7-2-9(8-17)13(16)14(12)19-11-5-3-10(15)4-6-11;1-2/h2-8H,1H3;1-2H3. The van der Waals surface area contributed by atoms with Crippen molar-refractivity contribution in [3.05, 3.63) is 53.6 Å². The summed E-state index contributed by atoms with van der Waals surface area (Å²) in [4.78, 5) is 10.7. The van der Waals surface area contributed by atoms with Crippen molar-refractivity contribution in [2.24, 2.45) is 0 Å². The Morgan fingerprint density at radius 1 is 1.00 bits per heavy atom. The Morgan fingerprint density at radius 2 is 1.62 bits per heavy atom. The molecule has 112 valence electrons. The van der Waals surface area contributed by atoms with Gasteiger partial charge in [0.05, 0.1) is 12.7 Å². The summed E-state index contributed by atoms with van der Waals surface area (Å²) in [5.74, 6) is -1.08. The van der Waals surface area contributed by atoms with E-state index >= 15 is 0 Å². The molecule has 0 aliphatic rings. The number of methoxy groups -OCH3 is 1. The Hall–Kier alpha value is -2.43. The molecule has 0 aliphatic carbocycles. The van der Waals surface area contributed by atoms with E-state index in [1.54, 1.807) is 0 Å². The van der Waals surface area contributed by atoms with Gasteiger partial charge in [-0.1, -0.05) is 13.8 Å². The van der Waals surface area contributed by atoms with E-state index in [4.69, 9.17) is 9.47 Å². The molecule has 2 rings (SSSR count). The lowest BCUT2D eigenvalue weighted by Crippen LogP contribution is -1.97. The molecule has 0 aliphatic heterocycles. The van der Waals surface area contributed by atoms with Crippen LogP contribution >= 0.6 is 0 Å². The Morgan fingerprint density at radius 3 is 2.14 bits per heavy atom. The molecule has 0 saturated carbocycles. The monoisotopic (exact) mass is 294 g/mol. The van der Waals surface area contributed by atoms with Crippen LogP contribution in [0.5, 0.6) is 17.2 Å². The van der Waals surface area contributed by atoms with Gasteiger partial charge in [0.1, 0.15) is 11.6 Å². The van der Waals surface area contributed by atoms with E-state index in [2.05, 4.69) is 0 Å². The molecule has 0 bridgehead atoms. The largest absolute Gasteiger partial charge is 0.493 e. The molecule has 0 fully saturated rings. The normalized spacial score (nSPS) is 9.38. The van der Waals surface area contributed by atoms with E-state index < -0.39 is 11.6 Å². The number of halogens is 2. The van der Waals surface area contributed by atoms with E-state index in [0.29, 0.717) is 6.29 Å². The molecule has 0 spiro atoms. The second-order valence-electron chi connectivity index (χ2n) is 3.67. The smallest absolute Gasteiger partial charge is 0.205 e. The van der Waals surface area contributed by atoms with Gasteiger partial charge in [0.2, 0.25) is 5.75 Å². The number of carbonyl (C=O) groups excluding carboxylic acids is 1. The fourth-order valence-corrected chi connectivity index (χ4v) is 1.52. The molecular formula is C16H16F2O3. The van der Waals surface area contributed by atoms with Crippen LogP contribution in [-0.2, 0) is 0 Å². The lowest BCUT2D eigenvalue weighted by molar-refractivity contribution is 0.111. The van der Waals surface area contributed by atoms with Crippen molar-refractivity contribution >= 4 is 6.29 Å². The lowest BCUT2D eigenvalue weighted by Gasteiger charge is -2.12. The van der Waals surface area contributed by atoms with Crippen LogP contribution in [0, 0.1) is 11.6 Å². The maximum Gasteiger partial charge on any atom is 0.205 e. The number of carbonyl (C=O) groups is 1. The molecule has 2 aromatic carbocycles. The van der Waals surface area contributed by atoms with E-state index in [1.807, 2.05) is 13.8 Å². The molecule has 2 aromatic rings. The molecule has 0 radical (unpaired) electrons. The minimum absolute atomic E-state index is 0.141. The minimum atomic E-state index is -0.821. The molecule has 0 unspecified atom stereocenters. The number of aldehydes is 1. The maximum atomic E-state index is 14.0. The Balaban J connectivity index is 0.00000106. The molecule has 0 heterocycles. The van der Waals surface area contributed by atoms with E-state index in [0.717, 1.165) is 0 Å². The van der Waals surface area contributed by atoms with Gasteiger partial charge < -0.3 is 9.47 Å². The zero-order valence-corrected chi connectivity index (χ0v) is 12.0. The first-order chi connectivity index (χ1) is 10.2. The third-order valence-electron chi connectivity index (χ3n) is 2.47. The minimum Gasteiger partial charge on any atom is -0.493 e. The highest BCUT2D eigenvalue weighted by Crippen LogP contribution is 2.35. The van der Waals surface area contributed by atoms with Gasteiger partial charge >= 0.3 is 0 Å². The summed E-state index contributed by atoms with van der Waals surface area (Å²) in [7, 11) is 1.35. The number of rotatable bonds is 4. The van der Waals surface area contributed by atoms with Gasteiger partial charge in [-0.25, -0.2) is 8.78 Å². The third-order valence-corrected chi connectivity index (χ3v) is 2.47. The van der Waals surface area contributed by atoms with Crippen LogP contribution in [0.25, 0.3) is 0 Å². The molecule has 21 heavy (non-hydrogen) atoms. The zero-order valence-electron chi connectivity index (χ0n) is 12.0. The highest BCUT2D eigenvalue weighted by molar-refractivity contribution is 5.77. The second kappa shape index (κ2) is 7.99. The van der Waals surface area contributed by atoms with Crippen molar-refractivity contribution in [2.45, 2.75) is 13.8 Å². The average molecular weight is 294 g/mol. The van der Waals surface area contributed by atoms with Crippen LogP contribution in [0.3, 0.4) is 0 Å². The Bertz CT molecular complexity index is 595. The first-order valence-corrected chi connectivity index (χ1v) is 6.41. The van der Waals surface area contributed by atoms with Gasteiger partial charge in [-0.3, -0.25) is 4.79 Å². The van der Waals surface area contributed by atoms with Crippen LogP contribution in [0.4, 0.5) is 8.78 Å². The topological polar surface area (TPSA) is 35.5 Å². The summed E-state index contributed by atoms with van der Waals surface area (Å²) in [6.07, 6.45) is 0.381. The molecule has 0 saturated heterocycles. The molecule has 5 heteroatoms. The van der Waals surface area contributed by atoms with Gasteiger partial charge in [0.15, 0.2) is 17.9 Å². The van der Waals surface area contributed by atoms with Crippen LogP contribution in [0.2, 0.25) is 0 Å². The summed E-state index contributed by atoms with van der Waals surface area (Å²) >= 11 is 0. The van der Waals surface area contributed by atoms with Crippen LogP contribution in [0.1, 0.15) is 24.2 Å². The molecular weight excluding hydrogens is 278 g/mol. The van der Waals surface area contributed by atoms with E-state index in [1.165, 1.54) is 43.5 Å². The van der Waals surface area contributed by atoms with Crippen LogP contribution in [0.15, 0.2) is 36.4 Å². The third kappa shape index (κ3) is 4.02. The molecule has 0 N–H and O–H groups in total. The highest BCUT2D eigenvalue weighted by atomic mass is 19.1. The van der Waals surface area contributed by atoms with E-state index in [-0.39, 0.29) is 22.8 Å². The predicted molar refractivity (Wildman–Crippen MR) is 76.2 cm³/mol. The van der Waals surface area contributed by atoms with Crippen molar-refractivity contribution < 1.29 is 23.0 Å². The lowest BCUT2D eigenvalue weighted by atomic mass is 10.2. The second-order valence-corrected chi connectivity index (χ2v) is 3.67. The maximum absolute atomic E-state index is 14.0. The highest BCUT2D eigenvalue weighted by Gasteiger charge is 2.16. The number of ether oxygens (including phenoxy) is 2. The summed E-state index contributed by atoms with van der Waals surface area (Å²) < 4.78 is 37.0. The van der Waals surface area contributed by atoms with Crippen LogP contribution in [-0.4, -0.2) is 13.4 Å². The molecule has 3 nitrogen and oxygen atoms in total. The molecule has 0 aromatic heterocycles. The van der Waals surface area contributed by atoms with Crippen LogP contribution < -0.4 is 9.47 Å². The Labute approximate surface area is 122 Å². The predicted octanol–water partition coefficient (Wildman–Crippen LogP) is 4.60. The first-order valence-electron chi connectivity index (χ1n) is 6.41. The average Bonchev–Trinajstić information content (AvgIpc) is 2.53. The molecule has 0 amide bonds. The van der Waals surface area contributed by atoms with Crippen molar-refractivity contribution in [1.82, 2.24) is 0 Å². The van der Waals surface area contributed by atoms with Gasteiger partial charge in [-0.05, 0) is 36.4 Å². The fraction of sp³-hybridized carbons (Fsp3) is 0.188. The van der Waals surface area contributed by atoms with Crippen molar-refractivity contribution in [3.63, 3.8) is 0 Å². The van der Waals surface area contributed by atoms with Gasteiger partial charge in [0, 0.05) is 0 Å². The number of hydrogen-bond acceptors (Lipinski definition) is 3. The number of hydrogen-bond donors (Lipinski definition) is 0. The van der Waals surface area contributed by atoms with Gasteiger partial charge in [-0.15, -0.1) is 0 Å². The fourth-order valence-electron chi connectivity index (χ4n) is 1.52. The Kier molecular flexibility index (Phi) is 6.33. The van der Waals surface area contributed by atoms with Gasteiger partial charge in [0.25, 0.3) is 0 Å². The van der Waals surface area contributed by atoms with Crippen molar-refractivity contribution in [3.8, 4) is 17.2 Å². The summed E-state index contributed by atoms with van der Waals surface area (Å²) in [5.41, 5.74) is -0.141. The SMILES string of the molecule is CC.COc1ccc(C=O)c(F)c1Oc1ccc(F)cc1. The summed E-state index contributed by atoms with van der Waals surface area (Å²) in [5, 5.41) is 0. The van der Waals surface area contributed by atoms with Crippen molar-refractivity contribution in [1.29, 1.82) is 0 Å². The quantitative estimate of drug-likeness (QED) is 0.773. The number of benzene rings is 2. The van der Waals surface area contributed by atoms with Crippen molar-refractivity contribution in [2.75, 3.05) is 7.11 Å². The molecule has 0 atom stereocenters. The zero-order chi connectivity index (χ0) is 15.8. The first kappa shape index (κ1) is 16.6. The summed E-state index contributed by atoms with van der Waals surface area (Å²) in [6, 6.07) is 7.78. The van der Waals surface area contributed by atoms with Gasteiger partial charge in [-0.2, -0.15) is 0 Å². The summed E-state index contributed by atoms with van der Waals surface area (Å²) in [6.45, 7) is 4.00.